The van der Waals surface area contributed by atoms with Gasteiger partial charge in [-0.3, -0.25) is 15.2 Å². The van der Waals surface area contributed by atoms with Gasteiger partial charge in [0.2, 0.25) is 12.1 Å². The number of fused-ring (bicyclic) bond motifs is 1. The van der Waals surface area contributed by atoms with E-state index < -0.39 is 6.10 Å². The highest BCUT2D eigenvalue weighted by Gasteiger charge is 2.28. The van der Waals surface area contributed by atoms with Crippen LogP contribution >= 0.6 is 0 Å². The lowest BCUT2D eigenvalue weighted by Gasteiger charge is -2.25. The van der Waals surface area contributed by atoms with Crippen LogP contribution in [0.1, 0.15) is 5.56 Å². The number of aromatic nitrogens is 3. The van der Waals surface area contributed by atoms with E-state index in [1.165, 1.54) is 0 Å². The Kier molecular flexibility index (Phi) is 3.81. The van der Waals surface area contributed by atoms with Gasteiger partial charge in [-0.25, -0.2) is 0 Å². The molecular weight excluding hydrogens is 320 g/mol. The molecule has 0 fully saturated rings. The van der Waals surface area contributed by atoms with Crippen LogP contribution in [0.25, 0.3) is 11.4 Å². The molecule has 1 aliphatic heterocycles. The summed E-state index contributed by atoms with van der Waals surface area (Å²) in [5.41, 5.74) is 2.05. The lowest BCUT2D eigenvalue weighted by Crippen LogP contribution is -2.40. The van der Waals surface area contributed by atoms with Crippen LogP contribution in [0.2, 0.25) is 0 Å². The average molecular weight is 336 g/mol. The third kappa shape index (κ3) is 3.16. The van der Waals surface area contributed by atoms with Gasteiger partial charge in [0.1, 0.15) is 6.61 Å². The molecule has 1 aliphatic rings. The van der Waals surface area contributed by atoms with Gasteiger partial charge in [0, 0.05) is 5.56 Å². The predicted octanol–water partition coefficient (Wildman–Crippen LogP) is 2.56. The van der Waals surface area contributed by atoms with Crippen molar-refractivity contribution in [3.63, 3.8) is 0 Å². The van der Waals surface area contributed by atoms with Crippen molar-refractivity contribution >= 4 is 11.9 Å². The number of nitrogens with zero attached hydrogens (tertiary/aromatic N) is 2. The summed E-state index contributed by atoms with van der Waals surface area (Å²) in [5, 5.41) is 9.49. The highest BCUT2D eigenvalue weighted by atomic mass is 16.6. The molecule has 0 aliphatic carbocycles. The maximum atomic E-state index is 12.4. The Morgan fingerprint density at radius 1 is 1.16 bits per heavy atom. The Morgan fingerprint density at radius 2 is 1.92 bits per heavy atom. The maximum absolute atomic E-state index is 12.4. The van der Waals surface area contributed by atoms with Crippen molar-refractivity contribution in [2.75, 3.05) is 11.9 Å². The molecular formula is C18H16N4O3. The van der Waals surface area contributed by atoms with E-state index in [1.54, 1.807) is 12.1 Å². The fourth-order valence-electron chi connectivity index (χ4n) is 2.50. The number of ether oxygens (including phenoxy) is 2. The molecule has 0 saturated carbocycles. The van der Waals surface area contributed by atoms with Gasteiger partial charge in [0.15, 0.2) is 17.3 Å². The van der Waals surface area contributed by atoms with E-state index in [-0.39, 0.29) is 18.5 Å². The van der Waals surface area contributed by atoms with Crippen molar-refractivity contribution < 1.29 is 14.3 Å². The number of H-pyrrole nitrogens is 1. The van der Waals surface area contributed by atoms with E-state index in [2.05, 4.69) is 20.5 Å². The Hall–Kier alpha value is -3.35. The lowest BCUT2D eigenvalue weighted by atomic mass is 10.1. The summed E-state index contributed by atoms with van der Waals surface area (Å²) in [6.45, 7) is 2.15. The number of aromatic amines is 1. The van der Waals surface area contributed by atoms with Gasteiger partial charge in [0.05, 0.1) is 0 Å². The summed E-state index contributed by atoms with van der Waals surface area (Å²) >= 11 is 0. The number of nitrogens with one attached hydrogen (secondary N) is 2. The molecule has 0 radical (unpaired) electrons. The molecule has 4 rings (SSSR count). The molecule has 0 saturated heterocycles. The normalized spacial score (nSPS) is 15.6. The fraction of sp³-hybridized carbons (Fsp3) is 0.167. The van der Waals surface area contributed by atoms with Crippen LogP contribution in [0.5, 0.6) is 11.5 Å². The van der Waals surface area contributed by atoms with Crippen molar-refractivity contribution in [1.82, 2.24) is 15.2 Å². The topological polar surface area (TPSA) is 89.1 Å². The number of aryl methyl sites for hydroxylation is 1. The number of para-hydroxylation sites is 2. The summed E-state index contributed by atoms with van der Waals surface area (Å²) in [5.74, 6) is 1.60. The first kappa shape index (κ1) is 15.2. The third-order valence-electron chi connectivity index (χ3n) is 3.85. The molecule has 126 valence electrons. The minimum atomic E-state index is -0.753. The minimum absolute atomic E-state index is 0.137. The number of carbonyl (C=O) groups is 1. The minimum Gasteiger partial charge on any atom is -0.485 e. The molecule has 2 aromatic carbocycles. The zero-order valence-corrected chi connectivity index (χ0v) is 13.5. The van der Waals surface area contributed by atoms with Crippen molar-refractivity contribution in [3.05, 3.63) is 54.1 Å². The zero-order valence-electron chi connectivity index (χ0n) is 13.5. The predicted molar refractivity (Wildman–Crippen MR) is 91.5 cm³/mol. The Morgan fingerprint density at radius 3 is 2.72 bits per heavy atom. The summed E-state index contributed by atoms with van der Waals surface area (Å²) in [6.07, 6.45) is -0.753. The molecule has 0 spiro atoms. The number of carbonyl (C=O) groups excluding carboxylic acids is 1. The SMILES string of the molecule is Cc1ccc(-c2nc(NC(=O)[C@@H]3COc4ccccc4O3)n[nH]2)cc1. The molecule has 25 heavy (non-hydrogen) atoms. The Labute approximate surface area is 144 Å². The summed E-state index contributed by atoms with van der Waals surface area (Å²) in [7, 11) is 0. The van der Waals surface area contributed by atoms with Gasteiger partial charge < -0.3 is 9.47 Å². The monoisotopic (exact) mass is 336 g/mol. The zero-order chi connectivity index (χ0) is 17.2. The van der Waals surface area contributed by atoms with Crippen molar-refractivity contribution in [1.29, 1.82) is 0 Å². The molecule has 1 atom stereocenters. The molecule has 7 heteroatoms. The molecule has 7 nitrogen and oxygen atoms in total. The van der Waals surface area contributed by atoms with Crippen LogP contribution in [0.15, 0.2) is 48.5 Å². The van der Waals surface area contributed by atoms with Crippen molar-refractivity contribution in [2.45, 2.75) is 13.0 Å². The standard InChI is InChI=1S/C18H16N4O3/c1-11-6-8-12(9-7-11)16-19-18(22-21-16)20-17(23)15-10-24-13-4-2-3-5-14(13)25-15/h2-9,15H,10H2,1H3,(H2,19,20,21,22,23)/t15-/m0/s1. The number of hydrogen-bond acceptors (Lipinski definition) is 5. The second-order valence-electron chi connectivity index (χ2n) is 5.73. The summed E-state index contributed by atoms with van der Waals surface area (Å²) < 4.78 is 11.2. The number of hydrogen-bond donors (Lipinski definition) is 2. The van der Waals surface area contributed by atoms with E-state index >= 15 is 0 Å². The van der Waals surface area contributed by atoms with Gasteiger partial charge in [0.25, 0.3) is 5.91 Å². The van der Waals surface area contributed by atoms with Crippen LogP contribution in [0, 0.1) is 6.92 Å². The maximum Gasteiger partial charge on any atom is 0.271 e. The van der Waals surface area contributed by atoms with Crippen molar-refractivity contribution in [2.24, 2.45) is 0 Å². The highest BCUT2D eigenvalue weighted by Crippen LogP contribution is 2.31. The van der Waals surface area contributed by atoms with Crippen LogP contribution in [0.4, 0.5) is 5.95 Å². The first-order valence-corrected chi connectivity index (χ1v) is 7.88. The molecule has 3 aromatic rings. The Bertz CT molecular complexity index is 905. The molecule has 1 amide bonds. The van der Waals surface area contributed by atoms with Gasteiger partial charge in [-0.1, -0.05) is 42.0 Å². The largest absolute Gasteiger partial charge is 0.485 e. The van der Waals surface area contributed by atoms with E-state index in [9.17, 15) is 4.79 Å². The smallest absolute Gasteiger partial charge is 0.271 e. The highest BCUT2D eigenvalue weighted by molar-refractivity contribution is 5.93. The lowest BCUT2D eigenvalue weighted by molar-refractivity contribution is -0.125. The summed E-state index contributed by atoms with van der Waals surface area (Å²) in [6, 6.07) is 15.1. The molecule has 2 N–H and O–H groups in total. The second kappa shape index (κ2) is 6.27. The number of anilines is 1. The van der Waals surface area contributed by atoms with Gasteiger partial charge in [-0.2, -0.15) is 4.98 Å². The van der Waals surface area contributed by atoms with Gasteiger partial charge in [-0.05, 0) is 19.1 Å². The molecule has 2 heterocycles. The van der Waals surface area contributed by atoms with Crippen LogP contribution in [-0.4, -0.2) is 33.8 Å². The molecule has 1 aromatic heterocycles. The first-order chi connectivity index (χ1) is 12.2. The van der Waals surface area contributed by atoms with E-state index in [4.69, 9.17) is 9.47 Å². The van der Waals surface area contributed by atoms with E-state index in [0.29, 0.717) is 17.3 Å². The second-order valence-corrected chi connectivity index (χ2v) is 5.73. The van der Waals surface area contributed by atoms with Crippen molar-refractivity contribution in [3.8, 4) is 22.9 Å². The number of amides is 1. The third-order valence-corrected chi connectivity index (χ3v) is 3.85. The first-order valence-electron chi connectivity index (χ1n) is 7.88. The summed E-state index contributed by atoms with van der Waals surface area (Å²) in [4.78, 5) is 16.7. The van der Waals surface area contributed by atoms with Gasteiger partial charge >= 0.3 is 0 Å². The number of benzene rings is 2. The Balaban J connectivity index is 1.44. The van der Waals surface area contributed by atoms with Crippen LogP contribution in [-0.2, 0) is 4.79 Å². The fourth-order valence-corrected chi connectivity index (χ4v) is 2.50. The van der Waals surface area contributed by atoms with Crippen LogP contribution in [0.3, 0.4) is 0 Å². The number of rotatable bonds is 3. The van der Waals surface area contributed by atoms with E-state index in [0.717, 1.165) is 11.1 Å². The van der Waals surface area contributed by atoms with Gasteiger partial charge in [-0.15, -0.1) is 5.10 Å². The molecule has 0 unspecified atom stereocenters. The van der Waals surface area contributed by atoms with E-state index in [1.807, 2.05) is 43.3 Å². The molecule has 0 bridgehead atoms. The average Bonchev–Trinajstić information content (AvgIpc) is 3.10. The van der Waals surface area contributed by atoms with Crippen LogP contribution < -0.4 is 14.8 Å². The quantitative estimate of drug-likeness (QED) is 0.767.